The van der Waals surface area contributed by atoms with Gasteiger partial charge in [-0.05, 0) is 37.7 Å². The van der Waals surface area contributed by atoms with Crippen LogP contribution in [0.25, 0.3) is 0 Å². The molecule has 1 atom stereocenters. The molecular formula is C17H24ClN3O3. The standard InChI is InChI=1S/C17H24ClN3O3/c1-12-8-15(21(22)23)9-16(18)17(12)19-14-2-5-20(6-3-14)10-13-4-7-24-11-13/h8-9,13-14,19H,2-7,10-11H2,1H3. The molecule has 3 rings (SSSR count). The highest BCUT2D eigenvalue weighted by molar-refractivity contribution is 6.33. The molecule has 0 spiro atoms. The molecule has 0 radical (unpaired) electrons. The van der Waals surface area contributed by atoms with E-state index in [4.69, 9.17) is 16.3 Å². The minimum absolute atomic E-state index is 0.0386. The summed E-state index contributed by atoms with van der Waals surface area (Å²) in [5.41, 5.74) is 1.68. The number of ether oxygens (including phenoxy) is 1. The average Bonchev–Trinajstić information content (AvgIpc) is 3.05. The van der Waals surface area contributed by atoms with E-state index >= 15 is 0 Å². The molecule has 0 bridgehead atoms. The predicted octanol–water partition coefficient (Wildman–Crippen LogP) is 3.47. The van der Waals surface area contributed by atoms with E-state index in [1.165, 1.54) is 12.5 Å². The molecule has 2 fully saturated rings. The van der Waals surface area contributed by atoms with Crippen molar-refractivity contribution in [3.8, 4) is 0 Å². The average molecular weight is 354 g/mol. The predicted molar refractivity (Wildman–Crippen MR) is 94.9 cm³/mol. The Bertz CT molecular complexity index is 574. The number of aryl methyl sites for hydroxylation is 1. The van der Waals surface area contributed by atoms with Gasteiger partial charge in [0.25, 0.3) is 5.69 Å². The maximum absolute atomic E-state index is 10.9. The van der Waals surface area contributed by atoms with Gasteiger partial charge in [-0.15, -0.1) is 0 Å². The third-order valence-electron chi connectivity index (χ3n) is 4.96. The van der Waals surface area contributed by atoms with Crippen molar-refractivity contribution in [1.82, 2.24) is 4.90 Å². The summed E-state index contributed by atoms with van der Waals surface area (Å²) in [6.07, 6.45) is 3.29. The summed E-state index contributed by atoms with van der Waals surface area (Å²) in [4.78, 5) is 13.0. The van der Waals surface area contributed by atoms with Crippen LogP contribution in [0.5, 0.6) is 0 Å². The Morgan fingerprint density at radius 1 is 1.38 bits per heavy atom. The van der Waals surface area contributed by atoms with Crippen LogP contribution in [0.15, 0.2) is 12.1 Å². The number of nitro benzene ring substituents is 1. The van der Waals surface area contributed by atoms with Crippen molar-refractivity contribution in [2.75, 3.05) is 38.2 Å². The summed E-state index contributed by atoms with van der Waals surface area (Å²) in [5, 5.41) is 14.8. The molecule has 0 amide bonds. The molecule has 0 saturated carbocycles. The highest BCUT2D eigenvalue weighted by atomic mass is 35.5. The molecule has 2 heterocycles. The zero-order valence-corrected chi connectivity index (χ0v) is 14.7. The number of nitro groups is 1. The molecule has 1 aromatic carbocycles. The first-order valence-electron chi connectivity index (χ1n) is 8.54. The number of rotatable bonds is 5. The number of non-ortho nitro benzene ring substituents is 1. The molecule has 1 aromatic rings. The Balaban J connectivity index is 1.55. The van der Waals surface area contributed by atoms with Gasteiger partial charge in [0, 0.05) is 44.4 Å². The van der Waals surface area contributed by atoms with Crippen molar-refractivity contribution in [3.05, 3.63) is 32.8 Å². The summed E-state index contributed by atoms with van der Waals surface area (Å²) < 4.78 is 5.45. The number of piperidine rings is 1. The van der Waals surface area contributed by atoms with E-state index in [1.54, 1.807) is 6.07 Å². The second kappa shape index (κ2) is 7.68. The smallest absolute Gasteiger partial charge is 0.271 e. The number of halogens is 1. The molecule has 7 heteroatoms. The van der Waals surface area contributed by atoms with Gasteiger partial charge < -0.3 is 15.0 Å². The summed E-state index contributed by atoms with van der Waals surface area (Å²) in [7, 11) is 0. The number of hydrogen-bond acceptors (Lipinski definition) is 5. The van der Waals surface area contributed by atoms with Crippen molar-refractivity contribution < 1.29 is 9.66 Å². The lowest BCUT2D eigenvalue weighted by Gasteiger charge is -2.34. The maximum Gasteiger partial charge on any atom is 0.271 e. The Kier molecular flexibility index (Phi) is 5.58. The van der Waals surface area contributed by atoms with Crippen LogP contribution in [0.4, 0.5) is 11.4 Å². The normalized spacial score (nSPS) is 22.7. The van der Waals surface area contributed by atoms with Crippen molar-refractivity contribution >= 4 is 23.0 Å². The van der Waals surface area contributed by atoms with E-state index < -0.39 is 4.92 Å². The van der Waals surface area contributed by atoms with Gasteiger partial charge in [0.1, 0.15) is 0 Å². The summed E-state index contributed by atoms with van der Waals surface area (Å²) in [5.74, 6) is 0.681. The summed E-state index contributed by atoms with van der Waals surface area (Å²) >= 11 is 6.25. The molecule has 2 saturated heterocycles. The molecular weight excluding hydrogens is 330 g/mol. The number of nitrogens with zero attached hydrogens (tertiary/aromatic N) is 2. The molecule has 0 aliphatic carbocycles. The topological polar surface area (TPSA) is 67.6 Å². The van der Waals surface area contributed by atoms with Crippen molar-refractivity contribution in [2.24, 2.45) is 5.92 Å². The monoisotopic (exact) mass is 353 g/mol. The van der Waals surface area contributed by atoms with Crippen LogP contribution in [0.3, 0.4) is 0 Å². The molecule has 0 aromatic heterocycles. The Hall–Kier alpha value is -1.37. The van der Waals surface area contributed by atoms with E-state index in [2.05, 4.69) is 10.2 Å². The second-order valence-corrected chi connectivity index (χ2v) is 7.23. The molecule has 1 unspecified atom stereocenters. The Labute approximate surface area is 147 Å². The van der Waals surface area contributed by atoms with Gasteiger partial charge in [-0.25, -0.2) is 0 Å². The fourth-order valence-electron chi connectivity index (χ4n) is 3.57. The van der Waals surface area contributed by atoms with Gasteiger partial charge in [-0.1, -0.05) is 11.6 Å². The van der Waals surface area contributed by atoms with Crippen LogP contribution in [-0.2, 0) is 4.74 Å². The number of nitrogens with one attached hydrogen (secondary N) is 1. The van der Waals surface area contributed by atoms with Crippen LogP contribution in [-0.4, -0.2) is 48.7 Å². The number of hydrogen-bond donors (Lipinski definition) is 1. The van der Waals surface area contributed by atoms with Crippen LogP contribution in [0.2, 0.25) is 5.02 Å². The number of benzene rings is 1. The van der Waals surface area contributed by atoms with Crippen LogP contribution in [0.1, 0.15) is 24.8 Å². The lowest BCUT2D eigenvalue weighted by atomic mass is 10.0. The fraction of sp³-hybridized carbons (Fsp3) is 0.647. The van der Waals surface area contributed by atoms with Gasteiger partial charge in [-0.2, -0.15) is 0 Å². The van der Waals surface area contributed by atoms with Gasteiger partial charge in [0.05, 0.1) is 22.2 Å². The molecule has 132 valence electrons. The third-order valence-corrected chi connectivity index (χ3v) is 5.26. The highest BCUT2D eigenvalue weighted by Gasteiger charge is 2.24. The van der Waals surface area contributed by atoms with Crippen LogP contribution >= 0.6 is 11.6 Å². The van der Waals surface area contributed by atoms with E-state index in [1.807, 2.05) is 6.92 Å². The van der Waals surface area contributed by atoms with E-state index in [9.17, 15) is 10.1 Å². The Morgan fingerprint density at radius 3 is 2.71 bits per heavy atom. The quantitative estimate of drug-likeness (QED) is 0.648. The minimum atomic E-state index is -0.409. The fourth-order valence-corrected chi connectivity index (χ4v) is 3.89. The van der Waals surface area contributed by atoms with E-state index in [0.717, 1.165) is 56.9 Å². The third kappa shape index (κ3) is 4.18. The molecule has 24 heavy (non-hydrogen) atoms. The van der Waals surface area contributed by atoms with Crippen LogP contribution < -0.4 is 5.32 Å². The van der Waals surface area contributed by atoms with Crippen molar-refractivity contribution in [2.45, 2.75) is 32.2 Å². The van der Waals surface area contributed by atoms with Gasteiger partial charge >= 0.3 is 0 Å². The first-order valence-corrected chi connectivity index (χ1v) is 8.92. The largest absolute Gasteiger partial charge is 0.381 e. The van der Waals surface area contributed by atoms with Crippen molar-refractivity contribution in [3.63, 3.8) is 0 Å². The SMILES string of the molecule is Cc1cc([N+](=O)[O-])cc(Cl)c1NC1CCN(CC2CCOC2)CC1. The second-order valence-electron chi connectivity index (χ2n) is 6.83. The number of anilines is 1. The first-order chi connectivity index (χ1) is 11.5. The first kappa shape index (κ1) is 17.5. The van der Waals surface area contributed by atoms with Gasteiger partial charge in [-0.3, -0.25) is 10.1 Å². The minimum Gasteiger partial charge on any atom is -0.381 e. The summed E-state index contributed by atoms with van der Waals surface area (Å²) in [6, 6.07) is 3.36. The van der Waals surface area contributed by atoms with E-state index in [0.29, 0.717) is 17.0 Å². The van der Waals surface area contributed by atoms with Gasteiger partial charge in [0.2, 0.25) is 0 Å². The summed E-state index contributed by atoms with van der Waals surface area (Å²) in [6.45, 7) is 6.92. The molecule has 6 nitrogen and oxygen atoms in total. The molecule has 1 N–H and O–H groups in total. The molecule has 2 aliphatic rings. The number of likely N-dealkylation sites (tertiary alicyclic amines) is 1. The van der Waals surface area contributed by atoms with Gasteiger partial charge in [0.15, 0.2) is 0 Å². The zero-order chi connectivity index (χ0) is 17.1. The maximum atomic E-state index is 10.9. The lowest BCUT2D eigenvalue weighted by molar-refractivity contribution is -0.384. The lowest BCUT2D eigenvalue weighted by Crippen LogP contribution is -2.41. The molecule has 2 aliphatic heterocycles. The Morgan fingerprint density at radius 2 is 2.12 bits per heavy atom. The van der Waals surface area contributed by atoms with Crippen molar-refractivity contribution in [1.29, 1.82) is 0 Å². The van der Waals surface area contributed by atoms with E-state index in [-0.39, 0.29) is 5.69 Å². The van der Waals surface area contributed by atoms with Crippen LogP contribution in [0, 0.1) is 23.0 Å². The highest BCUT2D eigenvalue weighted by Crippen LogP contribution is 2.32. The zero-order valence-electron chi connectivity index (χ0n) is 14.0.